The van der Waals surface area contributed by atoms with E-state index in [1.165, 1.54) is 36.3 Å². The van der Waals surface area contributed by atoms with Gasteiger partial charge >= 0.3 is 5.69 Å². The van der Waals surface area contributed by atoms with Crippen LogP contribution in [0.3, 0.4) is 0 Å². The minimum absolute atomic E-state index is 0.154. The van der Waals surface area contributed by atoms with Crippen molar-refractivity contribution in [1.82, 2.24) is 19.9 Å². The molecular weight excluding hydrogens is 268 g/mol. The summed E-state index contributed by atoms with van der Waals surface area (Å²) in [5.41, 5.74) is 0.639. The molecule has 0 aliphatic rings. The minimum Gasteiger partial charge on any atom is -0.352 e. The van der Waals surface area contributed by atoms with Gasteiger partial charge in [-0.2, -0.15) is 5.10 Å². The molecule has 1 amide bonds. The summed E-state index contributed by atoms with van der Waals surface area (Å²) in [6.07, 6.45) is 8.66. The Balaban J connectivity index is 1.79. The second kappa shape index (κ2) is 7.61. The summed E-state index contributed by atoms with van der Waals surface area (Å²) in [6.45, 7) is 2.87. The Labute approximate surface area is 123 Å². The number of fused-ring (bicyclic) bond motifs is 1. The van der Waals surface area contributed by atoms with Gasteiger partial charge in [0.1, 0.15) is 0 Å². The van der Waals surface area contributed by atoms with Crippen LogP contribution < -0.4 is 11.0 Å². The zero-order valence-corrected chi connectivity index (χ0v) is 12.4. The van der Waals surface area contributed by atoms with Crippen LogP contribution in [0, 0.1) is 0 Å². The predicted octanol–water partition coefficient (Wildman–Crippen LogP) is 2.11. The highest BCUT2D eigenvalue weighted by molar-refractivity contribution is 5.94. The molecule has 0 saturated heterocycles. The van der Waals surface area contributed by atoms with Crippen LogP contribution in [0.1, 0.15) is 55.8 Å². The van der Waals surface area contributed by atoms with Crippen molar-refractivity contribution in [2.45, 2.75) is 45.4 Å². The molecule has 0 unspecified atom stereocenters. The lowest BCUT2D eigenvalue weighted by Gasteiger charge is -2.05. The fourth-order valence-corrected chi connectivity index (χ4v) is 2.25. The van der Waals surface area contributed by atoms with Gasteiger partial charge in [0.15, 0.2) is 5.65 Å². The quantitative estimate of drug-likeness (QED) is 0.731. The molecule has 0 aromatic carbocycles. The fraction of sp³-hybridized carbons (Fsp3) is 0.533. The average molecular weight is 290 g/mol. The lowest BCUT2D eigenvalue weighted by molar-refractivity contribution is 0.0952. The van der Waals surface area contributed by atoms with Crippen molar-refractivity contribution in [2.24, 2.45) is 0 Å². The van der Waals surface area contributed by atoms with Crippen molar-refractivity contribution in [2.75, 3.05) is 6.54 Å². The minimum atomic E-state index is -0.337. The molecule has 2 heterocycles. The van der Waals surface area contributed by atoms with E-state index in [1.807, 2.05) is 0 Å². The van der Waals surface area contributed by atoms with Crippen LogP contribution in [-0.4, -0.2) is 27.0 Å². The number of aromatic nitrogens is 3. The number of hydrogen-bond donors (Lipinski definition) is 2. The second-order valence-corrected chi connectivity index (χ2v) is 5.20. The molecule has 2 aromatic heterocycles. The van der Waals surface area contributed by atoms with Gasteiger partial charge in [-0.3, -0.25) is 4.79 Å². The van der Waals surface area contributed by atoms with Crippen molar-refractivity contribution >= 4 is 11.6 Å². The molecule has 2 aromatic rings. The zero-order valence-electron chi connectivity index (χ0n) is 12.4. The van der Waals surface area contributed by atoms with Crippen LogP contribution in [0.4, 0.5) is 0 Å². The van der Waals surface area contributed by atoms with Gasteiger partial charge in [-0.25, -0.2) is 14.3 Å². The summed E-state index contributed by atoms with van der Waals surface area (Å²) >= 11 is 0. The Bertz CT molecular complexity index is 644. The topological polar surface area (TPSA) is 79.3 Å². The van der Waals surface area contributed by atoms with E-state index in [9.17, 15) is 9.59 Å². The summed E-state index contributed by atoms with van der Waals surface area (Å²) in [7, 11) is 0. The molecule has 2 rings (SSSR count). The van der Waals surface area contributed by atoms with E-state index in [4.69, 9.17) is 0 Å². The maximum atomic E-state index is 12.0. The number of carbonyl (C=O) groups excluding carboxylic acids is 1. The standard InChI is InChI=1S/C15H22N4O2/c1-2-3-4-5-6-7-10-16-14(20)12-8-9-13-17-18-15(21)19(13)11-12/h8-9,11H,2-7,10H2,1H3,(H,16,20)(H,18,21). The third-order valence-corrected chi connectivity index (χ3v) is 3.49. The SMILES string of the molecule is CCCCCCCCNC(=O)c1ccc2n[nH]c(=O)n2c1. The summed E-state index contributed by atoms with van der Waals surface area (Å²) in [6, 6.07) is 3.32. The number of hydrogen-bond acceptors (Lipinski definition) is 3. The van der Waals surface area contributed by atoms with Crippen LogP contribution >= 0.6 is 0 Å². The van der Waals surface area contributed by atoms with E-state index in [0.29, 0.717) is 17.8 Å². The van der Waals surface area contributed by atoms with Crippen molar-refractivity contribution in [3.05, 3.63) is 34.4 Å². The number of carbonyl (C=O) groups is 1. The maximum absolute atomic E-state index is 12.0. The van der Waals surface area contributed by atoms with Crippen LogP contribution in [-0.2, 0) is 0 Å². The largest absolute Gasteiger partial charge is 0.352 e. The van der Waals surface area contributed by atoms with Gasteiger partial charge in [-0.05, 0) is 18.6 Å². The fourth-order valence-electron chi connectivity index (χ4n) is 2.25. The highest BCUT2D eigenvalue weighted by Crippen LogP contribution is 2.05. The normalized spacial score (nSPS) is 10.9. The Morgan fingerprint density at radius 2 is 2.00 bits per heavy atom. The van der Waals surface area contributed by atoms with E-state index in [-0.39, 0.29) is 11.6 Å². The third kappa shape index (κ3) is 4.18. The third-order valence-electron chi connectivity index (χ3n) is 3.49. The first-order chi connectivity index (χ1) is 10.2. The first kappa shape index (κ1) is 15.3. The smallest absolute Gasteiger partial charge is 0.347 e. The van der Waals surface area contributed by atoms with E-state index in [1.54, 1.807) is 12.1 Å². The molecule has 0 fully saturated rings. The molecule has 0 aliphatic carbocycles. The van der Waals surface area contributed by atoms with Crippen LogP contribution in [0.2, 0.25) is 0 Å². The number of nitrogens with one attached hydrogen (secondary N) is 2. The van der Waals surface area contributed by atoms with E-state index in [2.05, 4.69) is 22.4 Å². The summed E-state index contributed by atoms with van der Waals surface area (Å²) in [5, 5.41) is 9.05. The molecule has 0 atom stereocenters. The lowest BCUT2D eigenvalue weighted by Crippen LogP contribution is -2.25. The van der Waals surface area contributed by atoms with E-state index >= 15 is 0 Å². The summed E-state index contributed by atoms with van der Waals surface area (Å²) in [4.78, 5) is 23.5. The molecule has 6 nitrogen and oxygen atoms in total. The van der Waals surface area contributed by atoms with Gasteiger partial charge in [0.25, 0.3) is 5.91 Å². The van der Waals surface area contributed by atoms with Gasteiger partial charge in [-0.15, -0.1) is 0 Å². The number of amides is 1. The van der Waals surface area contributed by atoms with Gasteiger partial charge in [0, 0.05) is 12.7 Å². The molecule has 6 heteroatoms. The predicted molar refractivity (Wildman–Crippen MR) is 81.5 cm³/mol. The maximum Gasteiger partial charge on any atom is 0.347 e. The number of nitrogens with zero attached hydrogens (tertiary/aromatic N) is 2. The van der Waals surface area contributed by atoms with Crippen molar-refractivity contribution in [3.8, 4) is 0 Å². The second-order valence-electron chi connectivity index (χ2n) is 5.20. The molecule has 0 saturated carbocycles. The Morgan fingerprint density at radius 1 is 1.24 bits per heavy atom. The molecule has 2 N–H and O–H groups in total. The van der Waals surface area contributed by atoms with E-state index in [0.717, 1.165) is 12.8 Å². The number of H-pyrrole nitrogens is 1. The highest BCUT2D eigenvalue weighted by atomic mass is 16.2. The number of unbranched alkanes of at least 4 members (excludes halogenated alkanes) is 5. The molecule has 21 heavy (non-hydrogen) atoms. The van der Waals surface area contributed by atoms with Gasteiger partial charge < -0.3 is 5.32 Å². The van der Waals surface area contributed by atoms with Gasteiger partial charge in [0.05, 0.1) is 5.56 Å². The number of pyridine rings is 1. The molecule has 114 valence electrons. The summed E-state index contributed by atoms with van der Waals surface area (Å²) < 4.78 is 1.33. The molecule has 0 bridgehead atoms. The first-order valence-corrected chi connectivity index (χ1v) is 7.57. The molecule has 0 aliphatic heterocycles. The number of rotatable bonds is 8. The molecule has 0 radical (unpaired) electrons. The van der Waals surface area contributed by atoms with Gasteiger partial charge in [0.2, 0.25) is 0 Å². The lowest BCUT2D eigenvalue weighted by atomic mass is 10.1. The monoisotopic (exact) mass is 290 g/mol. The van der Waals surface area contributed by atoms with E-state index < -0.39 is 0 Å². The first-order valence-electron chi connectivity index (χ1n) is 7.57. The Morgan fingerprint density at radius 3 is 2.81 bits per heavy atom. The van der Waals surface area contributed by atoms with Crippen LogP contribution in [0.15, 0.2) is 23.1 Å². The van der Waals surface area contributed by atoms with Gasteiger partial charge in [-0.1, -0.05) is 39.0 Å². The van der Waals surface area contributed by atoms with Crippen LogP contribution in [0.5, 0.6) is 0 Å². The van der Waals surface area contributed by atoms with Crippen LogP contribution in [0.25, 0.3) is 5.65 Å². The molecular formula is C15H22N4O2. The Hall–Kier alpha value is -2.11. The average Bonchev–Trinajstić information content (AvgIpc) is 2.87. The number of aromatic amines is 1. The highest BCUT2D eigenvalue weighted by Gasteiger charge is 2.07. The summed E-state index contributed by atoms with van der Waals surface area (Å²) in [5.74, 6) is -0.154. The van der Waals surface area contributed by atoms with Crippen molar-refractivity contribution in [1.29, 1.82) is 0 Å². The molecule has 0 spiro atoms. The van der Waals surface area contributed by atoms with Crippen molar-refractivity contribution < 1.29 is 4.79 Å². The van der Waals surface area contributed by atoms with Crippen molar-refractivity contribution in [3.63, 3.8) is 0 Å². The zero-order chi connectivity index (χ0) is 15.1. The Kier molecular flexibility index (Phi) is 5.54.